The Morgan fingerprint density at radius 2 is 2.07 bits per heavy atom. The van der Waals surface area contributed by atoms with Crippen LogP contribution in [0.5, 0.6) is 5.75 Å². The minimum Gasteiger partial charge on any atom is -0.494 e. The molecule has 2 rings (SSSR count). The number of nitrogens with one attached hydrogen (secondary N) is 2. The molecule has 1 heterocycles. The summed E-state index contributed by atoms with van der Waals surface area (Å²) in [6.07, 6.45) is -2.70. The van der Waals surface area contributed by atoms with Crippen LogP contribution in [-0.2, 0) is 19.1 Å². The number of nitrogens with zero attached hydrogens (tertiary/aromatic N) is 2. The lowest BCUT2D eigenvalue weighted by molar-refractivity contribution is -0.140. The molecule has 0 atom stereocenters. The van der Waals surface area contributed by atoms with Crippen molar-refractivity contribution in [3.05, 3.63) is 45.9 Å². The number of thiazole rings is 1. The molecule has 1 aromatic carbocycles. The molecule has 2 aromatic rings. The molecule has 154 valence electrons. The van der Waals surface area contributed by atoms with Gasteiger partial charge in [0.1, 0.15) is 10.8 Å². The van der Waals surface area contributed by atoms with Gasteiger partial charge < -0.3 is 15.4 Å². The molecular formula is C19H25F3N4OS. The van der Waals surface area contributed by atoms with Gasteiger partial charge in [-0.15, -0.1) is 11.3 Å². The lowest BCUT2D eigenvalue weighted by atomic mass is 10.1. The molecule has 0 aliphatic rings. The van der Waals surface area contributed by atoms with E-state index in [4.69, 9.17) is 4.74 Å². The van der Waals surface area contributed by atoms with E-state index in [1.54, 1.807) is 0 Å². The third-order valence-electron chi connectivity index (χ3n) is 3.64. The van der Waals surface area contributed by atoms with E-state index in [-0.39, 0.29) is 6.54 Å². The van der Waals surface area contributed by atoms with Crippen molar-refractivity contribution in [2.75, 3.05) is 19.7 Å². The summed E-state index contributed by atoms with van der Waals surface area (Å²) in [5, 5.41) is 7.61. The average Bonchev–Trinajstić information content (AvgIpc) is 3.14. The third kappa shape index (κ3) is 7.38. The second-order valence-electron chi connectivity index (χ2n) is 5.99. The summed E-state index contributed by atoms with van der Waals surface area (Å²) >= 11 is 0.958. The van der Waals surface area contributed by atoms with Gasteiger partial charge in [-0.2, -0.15) is 13.2 Å². The molecule has 0 saturated carbocycles. The van der Waals surface area contributed by atoms with Crippen molar-refractivity contribution in [1.29, 1.82) is 0 Å². The molecule has 1 aromatic heterocycles. The minimum absolute atomic E-state index is 0.0937. The minimum atomic E-state index is -4.42. The van der Waals surface area contributed by atoms with E-state index in [1.807, 2.05) is 31.2 Å². The number of alkyl halides is 3. The maximum Gasteiger partial charge on any atom is 0.434 e. The number of halogens is 3. The van der Waals surface area contributed by atoms with Crippen molar-refractivity contribution in [1.82, 2.24) is 15.6 Å². The number of hydrogen-bond acceptors (Lipinski definition) is 4. The Kier molecular flexibility index (Phi) is 8.56. The van der Waals surface area contributed by atoms with Crippen LogP contribution in [0.25, 0.3) is 0 Å². The Labute approximate surface area is 167 Å². The number of rotatable bonds is 9. The van der Waals surface area contributed by atoms with E-state index < -0.39 is 11.9 Å². The van der Waals surface area contributed by atoms with Crippen LogP contribution in [-0.4, -0.2) is 30.6 Å². The van der Waals surface area contributed by atoms with Crippen molar-refractivity contribution in [3.63, 3.8) is 0 Å². The number of aliphatic imine (C=N–C) groups is 1. The van der Waals surface area contributed by atoms with E-state index >= 15 is 0 Å². The second kappa shape index (κ2) is 10.9. The van der Waals surface area contributed by atoms with Gasteiger partial charge >= 0.3 is 6.18 Å². The van der Waals surface area contributed by atoms with Gasteiger partial charge in [0.2, 0.25) is 0 Å². The molecule has 2 N–H and O–H groups in total. The van der Waals surface area contributed by atoms with Crippen LogP contribution in [0, 0.1) is 0 Å². The molecule has 5 nitrogen and oxygen atoms in total. The predicted molar refractivity (Wildman–Crippen MR) is 106 cm³/mol. The highest BCUT2D eigenvalue weighted by atomic mass is 32.1. The number of hydrogen-bond donors (Lipinski definition) is 2. The van der Waals surface area contributed by atoms with Gasteiger partial charge in [-0.05, 0) is 37.5 Å². The molecule has 0 saturated heterocycles. The topological polar surface area (TPSA) is 58.5 Å². The van der Waals surface area contributed by atoms with Gasteiger partial charge in [-0.3, -0.25) is 0 Å². The average molecular weight is 414 g/mol. The fourth-order valence-corrected chi connectivity index (χ4v) is 3.06. The highest BCUT2D eigenvalue weighted by Gasteiger charge is 2.33. The molecule has 0 aliphatic carbocycles. The van der Waals surface area contributed by atoms with E-state index in [9.17, 15) is 13.2 Å². The van der Waals surface area contributed by atoms with Gasteiger partial charge in [0, 0.05) is 18.5 Å². The zero-order chi connectivity index (χ0) is 20.4. The Morgan fingerprint density at radius 3 is 2.75 bits per heavy atom. The first-order valence-electron chi connectivity index (χ1n) is 9.18. The Hall–Kier alpha value is -2.29. The van der Waals surface area contributed by atoms with Crippen LogP contribution < -0.4 is 15.4 Å². The van der Waals surface area contributed by atoms with Crippen molar-refractivity contribution < 1.29 is 17.9 Å². The summed E-state index contributed by atoms with van der Waals surface area (Å²) in [6, 6.07) is 7.93. The highest BCUT2D eigenvalue weighted by molar-refractivity contribution is 7.09. The molecule has 0 aliphatic heterocycles. The predicted octanol–water partition coefficient (Wildman–Crippen LogP) is 4.25. The summed E-state index contributed by atoms with van der Waals surface area (Å²) in [6.45, 7) is 6.05. The molecule has 0 unspecified atom stereocenters. The molecule has 0 amide bonds. The number of aromatic nitrogens is 1. The molecule has 0 bridgehead atoms. The zero-order valence-corrected chi connectivity index (χ0v) is 16.8. The first kappa shape index (κ1) is 22.0. The van der Waals surface area contributed by atoms with Gasteiger partial charge in [0.25, 0.3) is 0 Å². The molecule has 0 spiro atoms. The normalized spacial score (nSPS) is 12.1. The van der Waals surface area contributed by atoms with Crippen LogP contribution in [0.2, 0.25) is 0 Å². The van der Waals surface area contributed by atoms with Gasteiger partial charge in [-0.1, -0.05) is 19.1 Å². The van der Waals surface area contributed by atoms with Crippen LogP contribution >= 0.6 is 11.3 Å². The van der Waals surface area contributed by atoms with E-state index in [1.165, 1.54) is 0 Å². The highest BCUT2D eigenvalue weighted by Crippen LogP contribution is 2.30. The van der Waals surface area contributed by atoms with Crippen LogP contribution in [0.4, 0.5) is 13.2 Å². The molecule has 28 heavy (non-hydrogen) atoms. The first-order valence-corrected chi connectivity index (χ1v) is 10.1. The molecular weight excluding hydrogens is 389 g/mol. The Bertz CT molecular complexity index is 762. The van der Waals surface area contributed by atoms with Gasteiger partial charge in [0.15, 0.2) is 11.7 Å². The Balaban J connectivity index is 1.88. The van der Waals surface area contributed by atoms with E-state index in [0.29, 0.717) is 30.7 Å². The second-order valence-corrected chi connectivity index (χ2v) is 6.93. The van der Waals surface area contributed by atoms with Crippen molar-refractivity contribution in [2.24, 2.45) is 4.99 Å². The van der Waals surface area contributed by atoms with Crippen LogP contribution in [0.1, 0.15) is 36.5 Å². The summed E-state index contributed by atoms with van der Waals surface area (Å²) in [7, 11) is 0. The number of ether oxygens (including phenoxy) is 1. The van der Waals surface area contributed by atoms with Crippen molar-refractivity contribution in [3.8, 4) is 5.75 Å². The Morgan fingerprint density at radius 1 is 1.25 bits per heavy atom. The van der Waals surface area contributed by atoms with Crippen LogP contribution in [0.15, 0.2) is 34.6 Å². The summed E-state index contributed by atoms with van der Waals surface area (Å²) in [4.78, 5) is 7.91. The lowest BCUT2D eigenvalue weighted by Crippen LogP contribution is -2.38. The summed E-state index contributed by atoms with van der Waals surface area (Å²) < 4.78 is 43.5. The van der Waals surface area contributed by atoms with Crippen LogP contribution in [0.3, 0.4) is 0 Å². The largest absolute Gasteiger partial charge is 0.494 e. The molecule has 0 fully saturated rings. The van der Waals surface area contributed by atoms with E-state index in [2.05, 4.69) is 27.5 Å². The van der Waals surface area contributed by atoms with Crippen molar-refractivity contribution >= 4 is 17.3 Å². The maximum atomic E-state index is 12.6. The van der Waals surface area contributed by atoms with Crippen molar-refractivity contribution in [2.45, 2.75) is 39.4 Å². The van der Waals surface area contributed by atoms with Gasteiger partial charge in [-0.25, -0.2) is 9.98 Å². The quantitative estimate of drug-likeness (QED) is 0.476. The molecule has 9 heteroatoms. The lowest BCUT2D eigenvalue weighted by Gasteiger charge is -2.11. The van der Waals surface area contributed by atoms with E-state index in [0.717, 1.165) is 40.9 Å². The molecule has 0 radical (unpaired) electrons. The fourth-order valence-electron chi connectivity index (χ4n) is 2.34. The third-order valence-corrected chi connectivity index (χ3v) is 4.47. The van der Waals surface area contributed by atoms with Gasteiger partial charge in [0.05, 0.1) is 13.2 Å². The number of guanidine groups is 1. The fraction of sp³-hybridized carbons (Fsp3) is 0.474. The SMILES string of the molecule is CCCOc1cccc(CCNC(=NCc2nc(C(F)(F)F)cs2)NCC)c1. The smallest absolute Gasteiger partial charge is 0.434 e. The standard InChI is InChI=1S/C19H25F3N4OS/c1-3-10-27-15-7-5-6-14(11-15)8-9-24-18(23-4-2)25-12-17-26-16(13-28-17)19(20,21)22/h5-7,11,13H,3-4,8-10,12H2,1-2H3,(H2,23,24,25). The summed E-state index contributed by atoms with van der Waals surface area (Å²) in [5.41, 5.74) is 0.262. The zero-order valence-electron chi connectivity index (χ0n) is 16.0. The maximum absolute atomic E-state index is 12.6. The first-order chi connectivity index (χ1) is 13.4. The number of benzene rings is 1. The monoisotopic (exact) mass is 414 g/mol. The summed E-state index contributed by atoms with van der Waals surface area (Å²) in [5.74, 6) is 1.40.